The highest BCUT2D eigenvalue weighted by Gasteiger charge is 2.10. The fourth-order valence-electron chi connectivity index (χ4n) is 1.93. The van der Waals surface area contributed by atoms with Gasteiger partial charge in [0.1, 0.15) is 18.0 Å². The summed E-state index contributed by atoms with van der Waals surface area (Å²) in [4.78, 5) is 23.8. The zero-order valence-corrected chi connectivity index (χ0v) is 12.3. The molecule has 0 aliphatic heterocycles. The van der Waals surface area contributed by atoms with Gasteiger partial charge >= 0.3 is 0 Å². The monoisotopic (exact) mass is 303 g/mol. The van der Waals surface area contributed by atoms with Crippen LogP contribution in [0.4, 0.5) is 11.4 Å². The highest BCUT2D eigenvalue weighted by atomic mass is 16.5. The lowest BCUT2D eigenvalue weighted by Gasteiger charge is -2.12. The van der Waals surface area contributed by atoms with Crippen molar-refractivity contribution in [3.05, 3.63) is 46.9 Å². The molecular weight excluding hydrogens is 286 g/mol. The average molecular weight is 303 g/mol. The largest absolute Gasteiger partial charge is 0.497 e. The van der Waals surface area contributed by atoms with Crippen LogP contribution in [0.25, 0.3) is 0 Å². The molecule has 0 aliphatic rings. The standard InChI is InChI=1S/C15H17N3O4/c1-21-11-4-5-13(22-2)12(7-11)17-14(19)9-18-8-10(16)3-6-15(18)20/h3-8H,9,16H2,1-2H3,(H,17,19). The van der Waals surface area contributed by atoms with E-state index in [4.69, 9.17) is 15.2 Å². The topological polar surface area (TPSA) is 95.6 Å². The maximum absolute atomic E-state index is 12.1. The molecule has 0 saturated heterocycles. The summed E-state index contributed by atoms with van der Waals surface area (Å²) in [6, 6.07) is 7.84. The molecule has 0 saturated carbocycles. The number of benzene rings is 1. The summed E-state index contributed by atoms with van der Waals surface area (Å²) in [5, 5.41) is 2.69. The molecule has 0 spiro atoms. The first-order valence-corrected chi connectivity index (χ1v) is 6.51. The molecule has 0 fully saturated rings. The van der Waals surface area contributed by atoms with Crippen molar-refractivity contribution in [1.82, 2.24) is 4.57 Å². The van der Waals surface area contributed by atoms with Gasteiger partial charge in [-0.15, -0.1) is 0 Å². The van der Waals surface area contributed by atoms with Crippen molar-refractivity contribution in [1.29, 1.82) is 0 Å². The van der Waals surface area contributed by atoms with E-state index < -0.39 is 0 Å². The first-order valence-electron chi connectivity index (χ1n) is 6.51. The predicted molar refractivity (Wildman–Crippen MR) is 83.3 cm³/mol. The lowest BCUT2D eigenvalue weighted by Crippen LogP contribution is -2.27. The third kappa shape index (κ3) is 3.57. The van der Waals surface area contributed by atoms with E-state index in [-0.39, 0.29) is 18.0 Å². The van der Waals surface area contributed by atoms with Gasteiger partial charge < -0.3 is 25.1 Å². The SMILES string of the molecule is COc1ccc(OC)c(NC(=O)Cn2cc(N)ccc2=O)c1. The van der Waals surface area contributed by atoms with Crippen LogP contribution in [0.1, 0.15) is 0 Å². The number of anilines is 2. The quantitative estimate of drug-likeness (QED) is 0.862. The van der Waals surface area contributed by atoms with Gasteiger partial charge in [-0.25, -0.2) is 0 Å². The number of carbonyl (C=O) groups excluding carboxylic acids is 1. The highest BCUT2D eigenvalue weighted by molar-refractivity contribution is 5.92. The van der Waals surface area contributed by atoms with Gasteiger partial charge in [0.2, 0.25) is 5.91 Å². The number of aromatic nitrogens is 1. The van der Waals surface area contributed by atoms with E-state index in [9.17, 15) is 9.59 Å². The Labute approximate surface area is 127 Å². The van der Waals surface area contributed by atoms with Crippen molar-refractivity contribution in [2.75, 3.05) is 25.3 Å². The van der Waals surface area contributed by atoms with Crippen LogP contribution in [0.2, 0.25) is 0 Å². The number of nitrogens with zero attached hydrogens (tertiary/aromatic N) is 1. The minimum absolute atomic E-state index is 0.149. The molecule has 1 amide bonds. The van der Waals surface area contributed by atoms with Gasteiger partial charge in [-0.1, -0.05) is 0 Å². The van der Waals surface area contributed by atoms with Gasteiger partial charge in [0.05, 0.1) is 19.9 Å². The van der Waals surface area contributed by atoms with Gasteiger partial charge in [0.25, 0.3) is 5.56 Å². The second-order valence-corrected chi connectivity index (χ2v) is 4.54. The maximum Gasteiger partial charge on any atom is 0.251 e. The van der Waals surface area contributed by atoms with Gasteiger partial charge in [-0.05, 0) is 18.2 Å². The van der Waals surface area contributed by atoms with Gasteiger partial charge in [0.15, 0.2) is 0 Å². The first kappa shape index (κ1) is 15.4. The Kier molecular flexibility index (Phi) is 4.67. The molecule has 0 aliphatic carbocycles. The minimum atomic E-state index is -0.376. The number of hydrogen-bond donors (Lipinski definition) is 2. The predicted octanol–water partition coefficient (Wildman–Crippen LogP) is 1.09. The molecule has 3 N–H and O–H groups in total. The number of rotatable bonds is 5. The molecule has 0 unspecified atom stereocenters. The molecule has 0 bridgehead atoms. The molecule has 116 valence electrons. The second kappa shape index (κ2) is 6.66. The van der Waals surface area contributed by atoms with E-state index in [1.165, 1.54) is 37.1 Å². The van der Waals surface area contributed by atoms with Crippen LogP contribution in [-0.2, 0) is 11.3 Å². The molecule has 0 radical (unpaired) electrons. The van der Waals surface area contributed by atoms with Crippen LogP contribution in [0.3, 0.4) is 0 Å². The van der Waals surface area contributed by atoms with Crippen molar-refractivity contribution < 1.29 is 14.3 Å². The number of pyridine rings is 1. The second-order valence-electron chi connectivity index (χ2n) is 4.54. The normalized spacial score (nSPS) is 10.1. The summed E-state index contributed by atoms with van der Waals surface area (Å²) in [6.45, 7) is -0.149. The first-order chi connectivity index (χ1) is 10.5. The van der Waals surface area contributed by atoms with Crippen molar-refractivity contribution in [2.45, 2.75) is 6.54 Å². The minimum Gasteiger partial charge on any atom is -0.497 e. The lowest BCUT2D eigenvalue weighted by atomic mass is 10.2. The zero-order valence-electron chi connectivity index (χ0n) is 12.3. The van der Waals surface area contributed by atoms with Gasteiger partial charge in [-0.3, -0.25) is 9.59 Å². The van der Waals surface area contributed by atoms with Crippen LogP contribution in [0, 0.1) is 0 Å². The third-order valence-electron chi connectivity index (χ3n) is 3.00. The Morgan fingerprint density at radius 2 is 2.00 bits per heavy atom. The molecule has 1 aromatic heterocycles. The third-order valence-corrected chi connectivity index (χ3v) is 3.00. The van der Waals surface area contributed by atoms with E-state index >= 15 is 0 Å². The van der Waals surface area contributed by atoms with E-state index in [1.807, 2.05) is 0 Å². The number of nitrogens with two attached hydrogens (primary N) is 1. The molecule has 1 heterocycles. The van der Waals surface area contributed by atoms with Gasteiger partial charge in [-0.2, -0.15) is 0 Å². The van der Waals surface area contributed by atoms with Gasteiger partial charge in [0, 0.05) is 24.0 Å². The van der Waals surface area contributed by atoms with Crippen molar-refractivity contribution in [3.8, 4) is 11.5 Å². The lowest BCUT2D eigenvalue weighted by molar-refractivity contribution is -0.116. The Hall–Kier alpha value is -2.96. The fraction of sp³-hybridized carbons (Fsp3) is 0.200. The Morgan fingerprint density at radius 3 is 2.68 bits per heavy atom. The van der Waals surface area contributed by atoms with Crippen LogP contribution in [0.5, 0.6) is 11.5 Å². The summed E-state index contributed by atoms with van der Waals surface area (Å²) in [5.74, 6) is 0.700. The zero-order chi connectivity index (χ0) is 16.1. The molecule has 2 aromatic rings. The van der Waals surface area contributed by atoms with Crippen LogP contribution in [-0.4, -0.2) is 24.7 Å². The maximum atomic E-state index is 12.1. The van der Waals surface area contributed by atoms with E-state index in [2.05, 4.69) is 5.32 Å². The molecular formula is C15H17N3O4. The number of amides is 1. The number of ether oxygens (including phenoxy) is 2. The highest BCUT2D eigenvalue weighted by Crippen LogP contribution is 2.28. The molecule has 0 atom stereocenters. The molecule has 1 aromatic carbocycles. The summed E-state index contributed by atoms with van der Waals surface area (Å²) < 4.78 is 11.5. The summed E-state index contributed by atoms with van der Waals surface area (Å²) in [7, 11) is 3.03. The van der Waals surface area contributed by atoms with Crippen molar-refractivity contribution in [2.24, 2.45) is 0 Å². The van der Waals surface area contributed by atoms with Crippen molar-refractivity contribution in [3.63, 3.8) is 0 Å². The van der Waals surface area contributed by atoms with E-state index in [0.717, 1.165) is 0 Å². The summed E-state index contributed by atoms with van der Waals surface area (Å²) in [6.07, 6.45) is 1.42. The smallest absolute Gasteiger partial charge is 0.251 e. The molecule has 2 rings (SSSR count). The van der Waals surface area contributed by atoms with Crippen LogP contribution >= 0.6 is 0 Å². The molecule has 7 heteroatoms. The Bertz CT molecular complexity index is 740. The van der Waals surface area contributed by atoms with E-state index in [0.29, 0.717) is 22.9 Å². The number of nitrogen functional groups attached to an aromatic ring is 1. The van der Waals surface area contributed by atoms with Crippen LogP contribution in [0.15, 0.2) is 41.3 Å². The number of nitrogens with one attached hydrogen (secondary N) is 1. The Balaban J connectivity index is 2.18. The average Bonchev–Trinajstić information content (AvgIpc) is 2.50. The fourth-order valence-corrected chi connectivity index (χ4v) is 1.93. The van der Waals surface area contributed by atoms with Crippen molar-refractivity contribution >= 4 is 17.3 Å². The Morgan fingerprint density at radius 1 is 1.23 bits per heavy atom. The molecule has 22 heavy (non-hydrogen) atoms. The van der Waals surface area contributed by atoms with E-state index in [1.54, 1.807) is 18.2 Å². The number of carbonyl (C=O) groups is 1. The molecule has 7 nitrogen and oxygen atoms in total. The summed E-state index contributed by atoms with van der Waals surface area (Å²) in [5.41, 5.74) is 6.18. The van der Waals surface area contributed by atoms with Crippen LogP contribution < -0.4 is 26.1 Å². The number of methoxy groups -OCH3 is 2. The number of hydrogen-bond acceptors (Lipinski definition) is 5. The summed E-state index contributed by atoms with van der Waals surface area (Å²) >= 11 is 0.